The molecule has 0 aliphatic carbocycles. The van der Waals surface area contributed by atoms with Crippen LogP contribution >= 0.6 is 11.5 Å². The fourth-order valence-corrected chi connectivity index (χ4v) is 1.69. The van der Waals surface area contributed by atoms with Gasteiger partial charge in [0.05, 0.1) is 19.3 Å². The van der Waals surface area contributed by atoms with Crippen molar-refractivity contribution in [2.75, 3.05) is 12.4 Å². The highest BCUT2D eigenvalue weighted by molar-refractivity contribution is 7.03. The summed E-state index contributed by atoms with van der Waals surface area (Å²) < 4.78 is 21.8. The molecule has 0 aliphatic rings. The number of benzene rings is 1. The van der Waals surface area contributed by atoms with E-state index < -0.39 is 0 Å². The Labute approximate surface area is 96.2 Å². The molecule has 1 aromatic heterocycles. The number of ether oxygens (including phenoxy) is 1. The summed E-state index contributed by atoms with van der Waals surface area (Å²) in [5.74, 6) is 0.150. The third-order valence-electron chi connectivity index (χ3n) is 1.99. The summed E-state index contributed by atoms with van der Waals surface area (Å²) in [7, 11) is 1.50. The molecule has 6 heteroatoms. The molecular weight excluding hydrogens is 229 g/mol. The largest absolute Gasteiger partial charge is 0.497 e. The number of nitrogens with zero attached hydrogens (tertiary/aromatic N) is 2. The van der Waals surface area contributed by atoms with E-state index >= 15 is 0 Å². The van der Waals surface area contributed by atoms with Crippen LogP contribution in [0.5, 0.6) is 5.75 Å². The number of rotatable bonds is 4. The second-order valence-electron chi connectivity index (χ2n) is 3.13. The number of aromatic nitrogens is 2. The highest BCUT2D eigenvalue weighted by atomic mass is 32.1. The zero-order chi connectivity index (χ0) is 11.4. The molecule has 0 amide bonds. The summed E-state index contributed by atoms with van der Waals surface area (Å²) in [6.07, 6.45) is 0. The van der Waals surface area contributed by atoms with E-state index in [2.05, 4.69) is 14.9 Å². The first-order valence-corrected chi connectivity index (χ1v) is 5.46. The van der Waals surface area contributed by atoms with Gasteiger partial charge < -0.3 is 10.1 Å². The maximum Gasteiger partial charge on any atom is 0.128 e. The summed E-state index contributed by atoms with van der Waals surface area (Å²) in [6, 6.07) is 4.46. The van der Waals surface area contributed by atoms with Gasteiger partial charge in [-0.2, -0.15) is 0 Å². The first-order valence-electron chi connectivity index (χ1n) is 4.62. The van der Waals surface area contributed by atoms with Crippen LogP contribution < -0.4 is 10.1 Å². The van der Waals surface area contributed by atoms with Crippen molar-refractivity contribution in [3.63, 3.8) is 0 Å². The minimum absolute atomic E-state index is 0.335. The van der Waals surface area contributed by atoms with Crippen molar-refractivity contribution in [3.05, 3.63) is 35.1 Å². The fourth-order valence-electron chi connectivity index (χ4n) is 1.24. The molecule has 1 aromatic carbocycles. The van der Waals surface area contributed by atoms with E-state index in [4.69, 9.17) is 4.74 Å². The normalized spacial score (nSPS) is 10.1. The standard InChI is InChI=1S/C10H10FN3OS/c1-15-10-3-7(11)2-8(4-10)12-5-9-6-16-14-13-9/h2-4,6,12H,5H2,1H3. The van der Waals surface area contributed by atoms with Gasteiger partial charge in [-0.05, 0) is 17.6 Å². The summed E-state index contributed by atoms with van der Waals surface area (Å²) in [4.78, 5) is 0. The molecule has 0 spiro atoms. The molecule has 16 heavy (non-hydrogen) atoms. The number of methoxy groups -OCH3 is 1. The van der Waals surface area contributed by atoms with Gasteiger partial charge in [0.25, 0.3) is 0 Å². The fraction of sp³-hybridized carbons (Fsp3) is 0.200. The zero-order valence-corrected chi connectivity index (χ0v) is 9.42. The maximum atomic E-state index is 13.1. The van der Waals surface area contributed by atoms with Gasteiger partial charge in [0, 0.05) is 23.2 Å². The van der Waals surface area contributed by atoms with Crippen LogP contribution in [0.4, 0.5) is 10.1 Å². The monoisotopic (exact) mass is 239 g/mol. The van der Waals surface area contributed by atoms with Crippen molar-refractivity contribution >= 4 is 17.2 Å². The molecule has 0 saturated carbocycles. The second-order valence-corrected chi connectivity index (χ2v) is 3.74. The van der Waals surface area contributed by atoms with Gasteiger partial charge in [0.15, 0.2) is 0 Å². The third kappa shape index (κ3) is 2.66. The van der Waals surface area contributed by atoms with Crippen molar-refractivity contribution < 1.29 is 9.13 Å². The van der Waals surface area contributed by atoms with Gasteiger partial charge in [-0.15, -0.1) is 5.10 Å². The molecule has 84 valence electrons. The molecular formula is C10H10FN3OS. The number of hydrogen-bond donors (Lipinski definition) is 1. The Bertz CT molecular complexity index is 461. The predicted octanol–water partition coefficient (Wildman–Crippen LogP) is 2.30. The molecule has 0 bridgehead atoms. The minimum atomic E-state index is -0.335. The highest BCUT2D eigenvalue weighted by Gasteiger charge is 2.01. The van der Waals surface area contributed by atoms with Crippen molar-refractivity contribution in [3.8, 4) is 5.75 Å². The third-order valence-corrected chi connectivity index (χ3v) is 2.54. The van der Waals surface area contributed by atoms with Crippen LogP contribution in [0.15, 0.2) is 23.6 Å². The molecule has 0 fully saturated rings. The van der Waals surface area contributed by atoms with Crippen molar-refractivity contribution in [1.29, 1.82) is 0 Å². The molecule has 0 unspecified atom stereocenters. The van der Waals surface area contributed by atoms with Gasteiger partial charge in [-0.1, -0.05) is 4.49 Å². The van der Waals surface area contributed by atoms with Crippen LogP contribution in [0, 0.1) is 5.82 Å². The first-order chi connectivity index (χ1) is 7.78. The Balaban J connectivity index is 2.06. The van der Waals surface area contributed by atoms with Crippen LogP contribution in [-0.2, 0) is 6.54 Å². The smallest absolute Gasteiger partial charge is 0.128 e. The molecule has 4 nitrogen and oxygen atoms in total. The van der Waals surface area contributed by atoms with E-state index in [-0.39, 0.29) is 5.82 Å². The van der Waals surface area contributed by atoms with Crippen LogP contribution in [-0.4, -0.2) is 16.7 Å². The Hall–Kier alpha value is -1.69. The number of anilines is 1. The number of nitrogens with one attached hydrogen (secondary N) is 1. The molecule has 0 saturated heterocycles. The summed E-state index contributed by atoms with van der Waals surface area (Å²) in [6.45, 7) is 0.517. The maximum absolute atomic E-state index is 13.1. The van der Waals surface area contributed by atoms with Gasteiger partial charge in [0.2, 0.25) is 0 Å². The van der Waals surface area contributed by atoms with Crippen LogP contribution in [0.3, 0.4) is 0 Å². The Morgan fingerprint density at radius 1 is 1.44 bits per heavy atom. The lowest BCUT2D eigenvalue weighted by Gasteiger charge is -2.06. The Morgan fingerprint density at radius 3 is 3.00 bits per heavy atom. The average Bonchev–Trinajstić information content (AvgIpc) is 2.78. The molecule has 2 aromatic rings. The Kier molecular flexibility index (Phi) is 3.31. The average molecular weight is 239 g/mol. The van der Waals surface area contributed by atoms with Crippen molar-refractivity contribution in [2.24, 2.45) is 0 Å². The zero-order valence-electron chi connectivity index (χ0n) is 8.61. The van der Waals surface area contributed by atoms with Crippen LogP contribution in [0.1, 0.15) is 5.69 Å². The van der Waals surface area contributed by atoms with Gasteiger partial charge in [-0.25, -0.2) is 4.39 Å². The number of hydrogen-bond acceptors (Lipinski definition) is 5. The SMILES string of the molecule is COc1cc(F)cc(NCc2csnn2)c1. The van der Waals surface area contributed by atoms with Crippen LogP contribution in [0.25, 0.3) is 0 Å². The minimum Gasteiger partial charge on any atom is -0.497 e. The van der Waals surface area contributed by atoms with Gasteiger partial charge in [0.1, 0.15) is 11.6 Å². The molecule has 0 aliphatic heterocycles. The van der Waals surface area contributed by atoms with Gasteiger partial charge >= 0.3 is 0 Å². The van der Waals surface area contributed by atoms with Crippen molar-refractivity contribution in [1.82, 2.24) is 9.59 Å². The van der Waals surface area contributed by atoms with E-state index in [1.807, 2.05) is 5.38 Å². The van der Waals surface area contributed by atoms with E-state index in [0.29, 0.717) is 18.0 Å². The Morgan fingerprint density at radius 2 is 2.31 bits per heavy atom. The molecule has 1 N–H and O–H groups in total. The van der Waals surface area contributed by atoms with Gasteiger partial charge in [-0.3, -0.25) is 0 Å². The van der Waals surface area contributed by atoms with Crippen LogP contribution in [0.2, 0.25) is 0 Å². The molecule has 0 radical (unpaired) electrons. The molecule has 0 atom stereocenters. The lowest BCUT2D eigenvalue weighted by molar-refractivity contribution is 0.411. The van der Waals surface area contributed by atoms with E-state index in [1.165, 1.54) is 30.8 Å². The predicted molar refractivity (Wildman–Crippen MR) is 60.2 cm³/mol. The summed E-state index contributed by atoms with van der Waals surface area (Å²) in [5, 5.41) is 8.76. The lowest BCUT2D eigenvalue weighted by Crippen LogP contribution is -2.00. The topological polar surface area (TPSA) is 47.0 Å². The lowest BCUT2D eigenvalue weighted by atomic mass is 10.3. The first kappa shape index (κ1) is 10.8. The summed E-state index contributed by atoms with van der Waals surface area (Å²) in [5.41, 5.74) is 1.48. The molecule has 2 rings (SSSR count). The highest BCUT2D eigenvalue weighted by Crippen LogP contribution is 2.20. The summed E-state index contributed by atoms with van der Waals surface area (Å²) >= 11 is 1.29. The van der Waals surface area contributed by atoms with E-state index in [9.17, 15) is 4.39 Å². The number of halogens is 1. The second kappa shape index (κ2) is 4.89. The quantitative estimate of drug-likeness (QED) is 0.889. The molecule has 1 heterocycles. The van der Waals surface area contributed by atoms with Crippen molar-refractivity contribution in [2.45, 2.75) is 6.54 Å². The van der Waals surface area contributed by atoms with E-state index in [1.54, 1.807) is 6.07 Å². The van der Waals surface area contributed by atoms with E-state index in [0.717, 1.165) is 5.69 Å².